The third-order valence-electron chi connectivity index (χ3n) is 3.34. The van der Waals surface area contributed by atoms with E-state index < -0.39 is 18.4 Å². The molecule has 0 spiro atoms. The predicted molar refractivity (Wildman–Crippen MR) is 92.7 cm³/mol. The molecule has 0 saturated heterocycles. The van der Waals surface area contributed by atoms with Crippen LogP contribution in [0.2, 0.25) is 0 Å². The Balaban J connectivity index is 1.96. The van der Waals surface area contributed by atoms with Crippen LogP contribution in [-0.4, -0.2) is 33.7 Å². The molecule has 0 unspecified atom stereocenters. The maximum absolute atomic E-state index is 14.0. The molecule has 0 aliphatic heterocycles. The zero-order valence-electron chi connectivity index (χ0n) is 13.3. The van der Waals surface area contributed by atoms with E-state index in [0.717, 1.165) is 0 Å². The normalized spacial score (nSPS) is 11.0. The van der Waals surface area contributed by atoms with Gasteiger partial charge >= 0.3 is 0 Å². The summed E-state index contributed by atoms with van der Waals surface area (Å²) in [5, 5.41) is 21.4. The minimum atomic E-state index is -1.34. The fourth-order valence-corrected chi connectivity index (χ4v) is 2.37. The first kappa shape index (κ1) is 17.5. The summed E-state index contributed by atoms with van der Waals surface area (Å²) in [6, 6.07) is 12.8. The maximum Gasteiger partial charge on any atom is 0.216 e. The molecular formula is C17H12FN4O3S-. The second-order valence-corrected chi connectivity index (χ2v) is 5.47. The van der Waals surface area contributed by atoms with Gasteiger partial charge < -0.3 is 14.6 Å². The average molecular weight is 371 g/mol. The van der Waals surface area contributed by atoms with Gasteiger partial charge in [-0.15, -0.1) is 0 Å². The number of carboxylic acids is 1. The number of carbonyl (C=O) groups is 1. The highest BCUT2D eigenvalue weighted by Crippen LogP contribution is 2.21. The summed E-state index contributed by atoms with van der Waals surface area (Å²) < 4.78 is 20.6. The lowest BCUT2D eigenvalue weighted by Gasteiger charge is -2.09. The second-order valence-electron chi connectivity index (χ2n) is 5.09. The monoisotopic (exact) mass is 371 g/mol. The van der Waals surface area contributed by atoms with E-state index >= 15 is 0 Å². The Hall–Kier alpha value is -3.33. The van der Waals surface area contributed by atoms with Crippen LogP contribution in [0.15, 0.2) is 53.6 Å². The molecule has 1 aromatic heterocycles. The molecule has 9 heteroatoms. The predicted octanol–water partition coefficient (Wildman–Crippen LogP) is 1.76. The van der Waals surface area contributed by atoms with Gasteiger partial charge in [0.2, 0.25) is 4.77 Å². The molecule has 0 atom stereocenters. The molecule has 1 N–H and O–H groups in total. The highest BCUT2D eigenvalue weighted by atomic mass is 32.1. The molecule has 0 aliphatic rings. The van der Waals surface area contributed by atoms with Gasteiger partial charge in [0, 0.05) is 5.56 Å². The van der Waals surface area contributed by atoms with Crippen molar-refractivity contribution in [2.45, 2.75) is 0 Å². The minimum absolute atomic E-state index is 0.174. The molecule has 0 amide bonds. The number of hydrogen-bond acceptors (Lipinski definition) is 6. The van der Waals surface area contributed by atoms with Crippen LogP contribution in [0, 0.1) is 10.6 Å². The number of nitrogens with zero attached hydrogens (tertiary/aromatic N) is 3. The lowest BCUT2D eigenvalue weighted by atomic mass is 10.2. The summed E-state index contributed by atoms with van der Waals surface area (Å²) in [6.45, 7) is -0.587. The van der Waals surface area contributed by atoms with Crippen molar-refractivity contribution in [1.29, 1.82) is 0 Å². The largest absolute Gasteiger partial charge is 0.546 e. The SMILES string of the molecule is O=C([O-])COc1ccccc1/C=N\n1c(-c2ccccc2F)n[nH]c1=S. The lowest BCUT2D eigenvalue weighted by Crippen LogP contribution is -2.29. The third kappa shape index (κ3) is 3.83. The standard InChI is InChI=1S/C17H13FN4O3S/c18-13-7-3-2-6-12(13)16-20-21-17(26)22(16)19-9-11-5-1-4-8-14(11)25-10-15(23)24/h1-9H,10H2,(H,21,26)(H,23,24)/p-1/b19-9-. The van der Waals surface area contributed by atoms with Gasteiger partial charge in [0.05, 0.1) is 17.7 Å². The van der Waals surface area contributed by atoms with Crippen LogP contribution in [0.1, 0.15) is 5.56 Å². The smallest absolute Gasteiger partial charge is 0.216 e. The summed E-state index contributed by atoms with van der Waals surface area (Å²) in [4.78, 5) is 10.6. The number of hydrogen-bond donors (Lipinski definition) is 1. The third-order valence-corrected chi connectivity index (χ3v) is 3.61. The molecule has 2 aromatic carbocycles. The molecule has 3 aromatic rings. The van der Waals surface area contributed by atoms with Gasteiger partial charge in [-0.05, 0) is 36.5 Å². The van der Waals surface area contributed by atoms with Crippen molar-refractivity contribution in [2.24, 2.45) is 5.10 Å². The summed E-state index contributed by atoms with van der Waals surface area (Å²) in [7, 11) is 0. The summed E-state index contributed by atoms with van der Waals surface area (Å²) >= 11 is 5.14. The maximum atomic E-state index is 14.0. The van der Waals surface area contributed by atoms with Crippen LogP contribution >= 0.6 is 12.2 Å². The van der Waals surface area contributed by atoms with Crippen molar-refractivity contribution < 1.29 is 19.0 Å². The number of carbonyl (C=O) groups excluding carboxylic acids is 1. The average Bonchev–Trinajstić information content (AvgIpc) is 2.99. The van der Waals surface area contributed by atoms with Gasteiger partial charge in [0.15, 0.2) is 5.82 Å². The Labute approximate surface area is 152 Å². The van der Waals surface area contributed by atoms with E-state index in [1.807, 2.05) is 0 Å². The van der Waals surface area contributed by atoms with Crippen LogP contribution in [0.5, 0.6) is 5.75 Å². The highest BCUT2D eigenvalue weighted by molar-refractivity contribution is 7.71. The molecule has 26 heavy (non-hydrogen) atoms. The van der Waals surface area contributed by atoms with Gasteiger partial charge in [-0.3, -0.25) is 0 Å². The van der Waals surface area contributed by atoms with Crippen LogP contribution in [0.3, 0.4) is 0 Å². The Kier molecular flexibility index (Phi) is 5.18. The Morgan fingerprint density at radius 1 is 1.31 bits per heavy atom. The summed E-state index contributed by atoms with van der Waals surface area (Å²) in [5.74, 6) is -1.29. The zero-order valence-corrected chi connectivity index (χ0v) is 14.1. The lowest BCUT2D eigenvalue weighted by molar-refractivity contribution is -0.307. The quantitative estimate of drug-likeness (QED) is 0.526. The fraction of sp³-hybridized carbons (Fsp3) is 0.0588. The molecule has 0 fully saturated rings. The van der Waals surface area contributed by atoms with E-state index in [4.69, 9.17) is 17.0 Å². The van der Waals surface area contributed by atoms with Gasteiger partial charge in [0.25, 0.3) is 0 Å². The van der Waals surface area contributed by atoms with Crippen LogP contribution in [0.4, 0.5) is 4.39 Å². The second kappa shape index (κ2) is 7.70. The van der Waals surface area contributed by atoms with Crippen molar-refractivity contribution >= 4 is 24.4 Å². The van der Waals surface area contributed by atoms with Crippen LogP contribution in [0.25, 0.3) is 11.4 Å². The van der Waals surface area contributed by atoms with Crippen molar-refractivity contribution in [3.8, 4) is 17.1 Å². The van der Waals surface area contributed by atoms with Gasteiger partial charge in [0.1, 0.15) is 18.2 Å². The summed E-state index contributed by atoms with van der Waals surface area (Å²) in [5.41, 5.74) is 0.745. The Morgan fingerprint density at radius 3 is 2.81 bits per heavy atom. The number of ether oxygens (including phenoxy) is 1. The number of para-hydroxylation sites is 1. The van der Waals surface area contributed by atoms with Crippen LogP contribution < -0.4 is 9.84 Å². The number of benzene rings is 2. The minimum Gasteiger partial charge on any atom is -0.546 e. The van der Waals surface area contributed by atoms with Crippen molar-refractivity contribution in [2.75, 3.05) is 6.61 Å². The fourth-order valence-electron chi connectivity index (χ4n) is 2.19. The molecule has 0 aliphatic carbocycles. The van der Waals surface area contributed by atoms with E-state index in [-0.39, 0.29) is 16.2 Å². The van der Waals surface area contributed by atoms with Gasteiger partial charge in [-0.25, -0.2) is 9.49 Å². The number of nitrogens with one attached hydrogen (secondary N) is 1. The number of aliphatic carboxylic acids is 1. The van der Waals surface area contributed by atoms with E-state index in [0.29, 0.717) is 11.3 Å². The molecule has 0 bridgehead atoms. The number of aromatic amines is 1. The first-order valence-electron chi connectivity index (χ1n) is 7.44. The van der Waals surface area contributed by atoms with E-state index in [1.165, 1.54) is 17.0 Å². The van der Waals surface area contributed by atoms with Crippen molar-refractivity contribution in [1.82, 2.24) is 14.9 Å². The van der Waals surface area contributed by atoms with E-state index in [1.54, 1.807) is 42.5 Å². The molecule has 3 rings (SSSR count). The number of H-pyrrole nitrogens is 1. The number of halogens is 1. The summed E-state index contributed by atoms with van der Waals surface area (Å²) in [6.07, 6.45) is 1.42. The Morgan fingerprint density at radius 2 is 2.04 bits per heavy atom. The highest BCUT2D eigenvalue weighted by Gasteiger charge is 2.12. The van der Waals surface area contributed by atoms with Gasteiger partial charge in [-0.2, -0.15) is 14.9 Å². The van der Waals surface area contributed by atoms with Crippen molar-refractivity contribution in [3.63, 3.8) is 0 Å². The molecule has 1 heterocycles. The zero-order chi connectivity index (χ0) is 18.5. The molecule has 0 radical (unpaired) electrons. The van der Waals surface area contributed by atoms with Crippen LogP contribution in [-0.2, 0) is 4.79 Å². The van der Waals surface area contributed by atoms with Gasteiger partial charge in [-0.1, -0.05) is 24.3 Å². The molecule has 7 nitrogen and oxygen atoms in total. The topological polar surface area (TPSA) is 95.3 Å². The number of rotatable bonds is 6. The first-order valence-corrected chi connectivity index (χ1v) is 7.85. The van der Waals surface area contributed by atoms with E-state index in [2.05, 4.69) is 15.3 Å². The molecular weight excluding hydrogens is 359 g/mol. The molecule has 0 saturated carbocycles. The number of aromatic nitrogens is 3. The Bertz CT molecular complexity index is 1030. The molecule has 132 valence electrons. The van der Waals surface area contributed by atoms with Crippen molar-refractivity contribution in [3.05, 3.63) is 64.7 Å². The number of carboxylic acid groups (broad SMARTS) is 1. The van der Waals surface area contributed by atoms with E-state index in [9.17, 15) is 14.3 Å². The first-order chi connectivity index (χ1) is 12.6.